The highest BCUT2D eigenvalue weighted by Gasteiger charge is 2.33. The fourth-order valence-corrected chi connectivity index (χ4v) is 2.09. The molecule has 22 heavy (non-hydrogen) atoms. The molecule has 0 aliphatic rings. The number of imidazole rings is 1. The van der Waals surface area contributed by atoms with Crippen LogP contribution < -0.4 is 5.32 Å². The lowest BCUT2D eigenvalue weighted by Gasteiger charge is -2.14. The second kappa shape index (κ2) is 6.87. The molecule has 0 radical (unpaired) electrons. The van der Waals surface area contributed by atoms with Crippen LogP contribution in [-0.2, 0) is 19.1 Å². The number of rotatable bonds is 6. The van der Waals surface area contributed by atoms with Crippen molar-refractivity contribution < 1.29 is 13.2 Å². The molecule has 0 unspecified atom stereocenters. The van der Waals surface area contributed by atoms with Crippen LogP contribution >= 0.6 is 0 Å². The van der Waals surface area contributed by atoms with Gasteiger partial charge in [0.15, 0.2) is 0 Å². The van der Waals surface area contributed by atoms with E-state index in [1.54, 1.807) is 12.5 Å². The third-order valence-corrected chi connectivity index (χ3v) is 3.08. The molecular weight excluding hydrogens is 295 g/mol. The minimum atomic E-state index is -4.44. The second-order valence-electron chi connectivity index (χ2n) is 5.17. The Morgan fingerprint density at radius 1 is 1.32 bits per heavy atom. The topological polar surface area (TPSA) is 55.6 Å². The van der Waals surface area contributed by atoms with E-state index in [4.69, 9.17) is 0 Å². The zero-order chi connectivity index (χ0) is 16.2. The minimum Gasteiger partial charge on any atom is -0.336 e. The van der Waals surface area contributed by atoms with E-state index in [2.05, 4.69) is 20.3 Å². The fourth-order valence-electron chi connectivity index (χ4n) is 2.09. The first-order valence-electron chi connectivity index (χ1n) is 6.95. The first-order valence-corrected chi connectivity index (χ1v) is 6.95. The van der Waals surface area contributed by atoms with Crippen molar-refractivity contribution in [2.45, 2.75) is 39.0 Å². The van der Waals surface area contributed by atoms with Gasteiger partial charge in [0.05, 0.1) is 6.33 Å². The lowest BCUT2D eigenvalue weighted by Crippen LogP contribution is -2.32. The van der Waals surface area contributed by atoms with Gasteiger partial charge in [0.2, 0.25) is 0 Å². The minimum absolute atomic E-state index is 0.168. The van der Waals surface area contributed by atoms with Crippen molar-refractivity contribution in [2.75, 3.05) is 6.54 Å². The van der Waals surface area contributed by atoms with Crippen molar-refractivity contribution in [1.29, 1.82) is 0 Å². The lowest BCUT2D eigenvalue weighted by molar-refractivity contribution is -0.141. The van der Waals surface area contributed by atoms with Gasteiger partial charge in [0, 0.05) is 43.6 Å². The molecule has 2 aromatic rings. The van der Waals surface area contributed by atoms with Crippen LogP contribution in [0.4, 0.5) is 13.2 Å². The van der Waals surface area contributed by atoms with Crippen LogP contribution in [0.1, 0.15) is 24.1 Å². The number of nitrogens with zero attached hydrogens (tertiary/aromatic N) is 4. The number of alkyl halides is 3. The fraction of sp³-hybridized carbons (Fsp3) is 0.500. The molecule has 2 aromatic heterocycles. The normalized spacial score (nSPS) is 13.3. The van der Waals surface area contributed by atoms with E-state index in [0.29, 0.717) is 18.7 Å². The highest BCUT2D eigenvalue weighted by atomic mass is 19.4. The maximum atomic E-state index is 12.7. The van der Waals surface area contributed by atoms with Gasteiger partial charge in [-0.1, -0.05) is 0 Å². The largest absolute Gasteiger partial charge is 0.433 e. The maximum absolute atomic E-state index is 12.7. The van der Waals surface area contributed by atoms with Gasteiger partial charge in [-0.25, -0.2) is 15.0 Å². The zero-order valence-corrected chi connectivity index (χ0v) is 12.4. The summed E-state index contributed by atoms with van der Waals surface area (Å²) in [6.07, 6.45) is 1.19. The Morgan fingerprint density at radius 2 is 2.09 bits per heavy atom. The number of hydrogen-bond acceptors (Lipinski definition) is 4. The third kappa shape index (κ3) is 4.80. The molecule has 0 saturated carbocycles. The molecule has 0 fully saturated rings. The molecular formula is C14H18F3N5. The highest BCUT2D eigenvalue weighted by molar-refractivity contribution is 5.13. The third-order valence-electron chi connectivity index (χ3n) is 3.08. The van der Waals surface area contributed by atoms with Crippen molar-refractivity contribution in [2.24, 2.45) is 0 Å². The Balaban J connectivity index is 1.87. The molecule has 2 heterocycles. The van der Waals surface area contributed by atoms with E-state index < -0.39 is 11.9 Å². The van der Waals surface area contributed by atoms with Crippen molar-refractivity contribution in [3.05, 3.63) is 42.0 Å². The number of halogens is 3. The summed E-state index contributed by atoms with van der Waals surface area (Å²) in [6.45, 7) is 4.78. The van der Waals surface area contributed by atoms with Gasteiger partial charge in [-0.2, -0.15) is 13.2 Å². The molecule has 120 valence electrons. The average molecular weight is 313 g/mol. The van der Waals surface area contributed by atoms with Crippen LogP contribution in [0.2, 0.25) is 0 Å². The molecule has 2 rings (SSSR count). The van der Waals surface area contributed by atoms with E-state index in [0.717, 1.165) is 12.6 Å². The van der Waals surface area contributed by atoms with Gasteiger partial charge in [0.1, 0.15) is 11.5 Å². The molecule has 0 spiro atoms. The van der Waals surface area contributed by atoms with Gasteiger partial charge in [-0.05, 0) is 19.9 Å². The molecule has 0 aromatic carbocycles. The monoisotopic (exact) mass is 313 g/mol. The number of aryl methyl sites for hydroxylation is 1. The Morgan fingerprint density at radius 3 is 2.73 bits per heavy atom. The van der Waals surface area contributed by atoms with Crippen LogP contribution in [0.15, 0.2) is 24.8 Å². The Kier molecular flexibility index (Phi) is 5.12. The summed E-state index contributed by atoms with van der Waals surface area (Å²) in [6, 6.07) is 1.12. The van der Waals surface area contributed by atoms with Gasteiger partial charge in [-0.3, -0.25) is 0 Å². The van der Waals surface area contributed by atoms with Crippen molar-refractivity contribution in [3.8, 4) is 0 Å². The number of hydrogen-bond donors (Lipinski definition) is 1. The summed E-state index contributed by atoms with van der Waals surface area (Å²) < 4.78 is 40.0. The van der Waals surface area contributed by atoms with Crippen molar-refractivity contribution >= 4 is 0 Å². The summed E-state index contributed by atoms with van der Waals surface area (Å²) in [4.78, 5) is 11.6. The Bertz CT molecular complexity index is 595. The van der Waals surface area contributed by atoms with Crippen LogP contribution in [0.25, 0.3) is 0 Å². The van der Waals surface area contributed by atoms with Crippen molar-refractivity contribution in [1.82, 2.24) is 24.8 Å². The standard InChI is InChI=1S/C14H18F3N5/c1-10-7-12(14(15,16)17)21-13(20-10)3-4-19-11(2)8-22-6-5-18-9-22/h5-7,9,11,19H,3-4,8H2,1-2H3/t11-/m1/s1. The van der Waals surface area contributed by atoms with Crippen LogP contribution in [-0.4, -0.2) is 32.1 Å². The average Bonchev–Trinajstić information content (AvgIpc) is 2.90. The maximum Gasteiger partial charge on any atom is 0.433 e. The van der Waals surface area contributed by atoms with Crippen LogP contribution in [0, 0.1) is 6.92 Å². The summed E-state index contributed by atoms with van der Waals surface area (Å²) in [5.41, 5.74) is -0.565. The molecule has 0 saturated heterocycles. The predicted molar refractivity (Wildman–Crippen MR) is 75.2 cm³/mol. The molecule has 0 aliphatic carbocycles. The SMILES string of the molecule is Cc1cc(C(F)(F)F)nc(CCN[C@H](C)Cn2ccnc2)n1. The quantitative estimate of drug-likeness (QED) is 0.888. The van der Waals surface area contributed by atoms with E-state index in [1.165, 1.54) is 6.92 Å². The first kappa shape index (κ1) is 16.4. The molecule has 1 atom stereocenters. The van der Waals surface area contributed by atoms with Gasteiger partial charge in [-0.15, -0.1) is 0 Å². The van der Waals surface area contributed by atoms with Crippen molar-refractivity contribution in [3.63, 3.8) is 0 Å². The lowest BCUT2D eigenvalue weighted by atomic mass is 10.2. The summed E-state index contributed by atoms with van der Waals surface area (Å²) in [5.74, 6) is 0.203. The van der Waals surface area contributed by atoms with Crippen LogP contribution in [0.3, 0.4) is 0 Å². The van der Waals surface area contributed by atoms with E-state index >= 15 is 0 Å². The van der Waals surface area contributed by atoms with E-state index in [-0.39, 0.29) is 11.9 Å². The smallest absolute Gasteiger partial charge is 0.336 e. The van der Waals surface area contributed by atoms with E-state index in [1.807, 2.05) is 17.7 Å². The van der Waals surface area contributed by atoms with Crippen LogP contribution in [0.5, 0.6) is 0 Å². The first-order chi connectivity index (χ1) is 10.3. The predicted octanol–water partition coefficient (Wildman–Crippen LogP) is 2.22. The number of aromatic nitrogens is 4. The zero-order valence-electron chi connectivity index (χ0n) is 12.4. The molecule has 0 bridgehead atoms. The Hall–Kier alpha value is -1.96. The molecule has 0 aliphatic heterocycles. The summed E-state index contributed by atoms with van der Waals surface area (Å²) >= 11 is 0. The van der Waals surface area contributed by atoms with Gasteiger partial charge in [0.25, 0.3) is 0 Å². The molecule has 1 N–H and O–H groups in total. The molecule has 8 heteroatoms. The molecule has 0 amide bonds. The molecule has 5 nitrogen and oxygen atoms in total. The van der Waals surface area contributed by atoms with E-state index in [9.17, 15) is 13.2 Å². The van der Waals surface area contributed by atoms with Gasteiger partial charge >= 0.3 is 6.18 Å². The Labute approximate surface area is 126 Å². The van der Waals surface area contributed by atoms with Gasteiger partial charge < -0.3 is 9.88 Å². The summed E-state index contributed by atoms with van der Waals surface area (Å²) in [5, 5.41) is 3.24. The summed E-state index contributed by atoms with van der Waals surface area (Å²) in [7, 11) is 0. The highest BCUT2D eigenvalue weighted by Crippen LogP contribution is 2.27. The second-order valence-corrected chi connectivity index (χ2v) is 5.17. The number of nitrogens with one attached hydrogen (secondary N) is 1.